The lowest BCUT2D eigenvalue weighted by Crippen LogP contribution is -2.25. The second kappa shape index (κ2) is 6.24. The molecule has 3 rings (SSSR count). The number of hydrogen-bond donors (Lipinski definition) is 2. The Morgan fingerprint density at radius 2 is 2.12 bits per heavy atom. The molecule has 0 aliphatic carbocycles. The smallest absolute Gasteiger partial charge is 0.270 e. The van der Waals surface area contributed by atoms with Gasteiger partial charge in [-0.05, 0) is 38.5 Å². The minimum Gasteiger partial charge on any atom is -0.359 e. The normalized spacial score (nSPS) is 13.4. The maximum absolute atomic E-state index is 12.8. The van der Waals surface area contributed by atoms with Crippen LogP contribution in [0, 0.1) is 6.92 Å². The predicted octanol–water partition coefficient (Wildman–Crippen LogP) is 2.79. The van der Waals surface area contributed by atoms with E-state index in [2.05, 4.69) is 15.6 Å². The second-order valence-electron chi connectivity index (χ2n) is 6.07. The molecule has 24 heavy (non-hydrogen) atoms. The first-order valence-corrected chi connectivity index (χ1v) is 8.63. The number of carbonyl (C=O) groups excluding carboxylic acids is 2. The number of aryl methyl sites for hydroxylation is 1. The first kappa shape index (κ1) is 16.4. The van der Waals surface area contributed by atoms with Crippen LogP contribution in [0.15, 0.2) is 18.2 Å². The summed E-state index contributed by atoms with van der Waals surface area (Å²) in [6.45, 7) is 6.44. The van der Waals surface area contributed by atoms with Crippen molar-refractivity contribution in [3.05, 3.63) is 39.9 Å². The Labute approximate surface area is 144 Å². The van der Waals surface area contributed by atoms with Crippen LogP contribution in [0.2, 0.25) is 0 Å². The molecule has 0 atom stereocenters. The number of aromatic nitrogens is 1. The van der Waals surface area contributed by atoms with Crippen LogP contribution in [0.4, 0.5) is 10.8 Å². The Bertz CT molecular complexity index is 813. The van der Waals surface area contributed by atoms with E-state index in [1.807, 2.05) is 26.8 Å². The van der Waals surface area contributed by atoms with Gasteiger partial charge in [-0.1, -0.05) is 17.4 Å². The molecule has 6 nitrogen and oxygen atoms in total. The summed E-state index contributed by atoms with van der Waals surface area (Å²) in [5, 5.41) is 6.62. The zero-order valence-electron chi connectivity index (χ0n) is 14.1. The molecule has 1 aromatic carbocycles. The van der Waals surface area contributed by atoms with E-state index in [-0.39, 0.29) is 17.9 Å². The van der Waals surface area contributed by atoms with E-state index in [1.54, 1.807) is 24.1 Å². The number of benzene rings is 1. The van der Waals surface area contributed by atoms with Crippen molar-refractivity contribution in [1.29, 1.82) is 0 Å². The van der Waals surface area contributed by atoms with Crippen molar-refractivity contribution in [3.63, 3.8) is 0 Å². The van der Waals surface area contributed by atoms with Crippen molar-refractivity contribution in [3.8, 4) is 0 Å². The van der Waals surface area contributed by atoms with Gasteiger partial charge in [-0.15, -0.1) is 0 Å². The monoisotopic (exact) mass is 344 g/mol. The van der Waals surface area contributed by atoms with E-state index >= 15 is 0 Å². The summed E-state index contributed by atoms with van der Waals surface area (Å²) in [7, 11) is 1.59. The molecule has 2 N–H and O–H groups in total. The van der Waals surface area contributed by atoms with Crippen LogP contribution < -0.4 is 15.5 Å². The van der Waals surface area contributed by atoms with Crippen LogP contribution in [-0.2, 0) is 6.54 Å². The molecule has 2 amide bonds. The Balaban J connectivity index is 1.91. The highest BCUT2D eigenvalue weighted by molar-refractivity contribution is 7.17. The Morgan fingerprint density at radius 1 is 1.38 bits per heavy atom. The molecule has 1 aliphatic heterocycles. The fourth-order valence-corrected chi connectivity index (χ4v) is 3.73. The largest absolute Gasteiger partial charge is 0.359 e. The fourth-order valence-electron chi connectivity index (χ4n) is 2.66. The van der Waals surface area contributed by atoms with Crippen LogP contribution in [0.5, 0.6) is 0 Å². The van der Waals surface area contributed by atoms with Crippen molar-refractivity contribution in [2.45, 2.75) is 33.4 Å². The summed E-state index contributed by atoms with van der Waals surface area (Å²) in [6, 6.07) is 5.65. The SMILES string of the molecule is CNC(=O)c1ccc(C)c(N2Cc3nc(NC(C)C)sc3C2=O)c1. The molecule has 126 valence electrons. The summed E-state index contributed by atoms with van der Waals surface area (Å²) in [5.74, 6) is -0.226. The number of amides is 2. The second-order valence-corrected chi connectivity index (χ2v) is 7.06. The fraction of sp³-hybridized carbons (Fsp3) is 0.353. The van der Waals surface area contributed by atoms with Gasteiger partial charge in [0.25, 0.3) is 11.8 Å². The van der Waals surface area contributed by atoms with Gasteiger partial charge in [0.1, 0.15) is 4.88 Å². The van der Waals surface area contributed by atoms with Crippen LogP contribution in [0.1, 0.15) is 45.1 Å². The van der Waals surface area contributed by atoms with Gasteiger partial charge in [0, 0.05) is 24.3 Å². The maximum atomic E-state index is 12.8. The standard InChI is InChI=1S/C17H20N4O2S/c1-9(2)19-17-20-12-8-21(16(23)14(12)24-17)13-7-11(15(22)18-4)6-5-10(13)3/h5-7,9H,8H2,1-4H3,(H,18,22)(H,19,20). The summed E-state index contributed by atoms with van der Waals surface area (Å²) < 4.78 is 0. The summed E-state index contributed by atoms with van der Waals surface area (Å²) in [5.41, 5.74) is 3.03. The van der Waals surface area contributed by atoms with Gasteiger partial charge < -0.3 is 15.5 Å². The molecular formula is C17H20N4O2S. The molecule has 1 aromatic heterocycles. The third-order valence-electron chi connectivity index (χ3n) is 3.85. The van der Waals surface area contributed by atoms with Crippen molar-refractivity contribution >= 4 is 34.0 Å². The Hall–Kier alpha value is -2.41. The van der Waals surface area contributed by atoms with Gasteiger partial charge in [0.2, 0.25) is 0 Å². The highest BCUT2D eigenvalue weighted by Crippen LogP contribution is 2.35. The number of nitrogens with one attached hydrogen (secondary N) is 2. The number of fused-ring (bicyclic) bond motifs is 1. The molecule has 0 saturated heterocycles. The van der Waals surface area contributed by atoms with Gasteiger partial charge in [-0.25, -0.2) is 4.98 Å². The number of hydrogen-bond acceptors (Lipinski definition) is 5. The molecule has 2 aromatic rings. The van der Waals surface area contributed by atoms with E-state index in [0.717, 1.165) is 22.1 Å². The maximum Gasteiger partial charge on any atom is 0.270 e. The average molecular weight is 344 g/mol. The lowest BCUT2D eigenvalue weighted by molar-refractivity contribution is 0.0960. The number of anilines is 2. The molecule has 7 heteroatoms. The van der Waals surface area contributed by atoms with E-state index in [4.69, 9.17) is 0 Å². The highest BCUT2D eigenvalue weighted by Gasteiger charge is 2.33. The van der Waals surface area contributed by atoms with E-state index in [1.165, 1.54) is 11.3 Å². The topological polar surface area (TPSA) is 74.3 Å². The predicted molar refractivity (Wildman–Crippen MR) is 96.0 cm³/mol. The van der Waals surface area contributed by atoms with Crippen LogP contribution >= 0.6 is 11.3 Å². The number of thiazole rings is 1. The third kappa shape index (κ3) is 2.87. The van der Waals surface area contributed by atoms with Crippen molar-refractivity contribution in [1.82, 2.24) is 10.3 Å². The number of carbonyl (C=O) groups is 2. The van der Waals surface area contributed by atoms with Crippen molar-refractivity contribution in [2.75, 3.05) is 17.3 Å². The minimum atomic E-state index is -0.167. The highest BCUT2D eigenvalue weighted by atomic mass is 32.1. The molecule has 0 fully saturated rings. The lowest BCUT2D eigenvalue weighted by Gasteiger charge is -2.19. The Kier molecular flexibility index (Phi) is 4.28. The number of rotatable bonds is 4. The molecular weight excluding hydrogens is 324 g/mol. The van der Waals surface area contributed by atoms with Gasteiger partial charge >= 0.3 is 0 Å². The van der Waals surface area contributed by atoms with E-state index in [0.29, 0.717) is 17.0 Å². The molecule has 1 aliphatic rings. The molecule has 0 unspecified atom stereocenters. The summed E-state index contributed by atoms with van der Waals surface area (Å²) >= 11 is 1.38. The van der Waals surface area contributed by atoms with Gasteiger partial charge in [0.05, 0.1) is 12.2 Å². The van der Waals surface area contributed by atoms with Crippen LogP contribution in [0.3, 0.4) is 0 Å². The van der Waals surface area contributed by atoms with Crippen molar-refractivity contribution < 1.29 is 9.59 Å². The molecule has 2 heterocycles. The molecule has 0 spiro atoms. The summed E-state index contributed by atoms with van der Waals surface area (Å²) in [6.07, 6.45) is 0. The lowest BCUT2D eigenvalue weighted by atomic mass is 10.1. The molecule has 0 radical (unpaired) electrons. The van der Waals surface area contributed by atoms with Gasteiger partial charge in [-0.2, -0.15) is 0 Å². The molecule has 0 bridgehead atoms. The zero-order valence-corrected chi connectivity index (χ0v) is 15.0. The van der Waals surface area contributed by atoms with Gasteiger partial charge in [0.15, 0.2) is 5.13 Å². The summed E-state index contributed by atoms with van der Waals surface area (Å²) in [4.78, 5) is 31.5. The van der Waals surface area contributed by atoms with E-state index < -0.39 is 0 Å². The molecule has 0 saturated carbocycles. The van der Waals surface area contributed by atoms with Crippen LogP contribution in [0.25, 0.3) is 0 Å². The van der Waals surface area contributed by atoms with Crippen LogP contribution in [-0.4, -0.2) is 29.9 Å². The van der Waals surface area contributed by atoms with E-state index in [9.17, 15) is 9.59 Å². The minimum absolute atomic E-state index is 0.0588. The van der Waals surface area contributed by atoms with Crippen molar-refractivity contribution in [2.24, 2.45) is 0 Å². The zero-order chi connectivity index (χ0) is 17.4. The quantitative estimate of drug-likeness (QED) is 0.894. The first-order valence-electron chi connectivity index (χ1n) is 7.81. The Morgan fingerprint density at radius 3 is 2.75 bits per heavy atom. The average Bonchev–Trinajstić information content (AvgIpc) is 3.05. The first-order chi connectivity index (χ1) is 11.4. The van der Waals surface area contributed by atoms with Gasteiger partial charge in [-0.3, -0.25) is 9.59 Å². The number of nitrogens with zero attached hydrogens (tertiary/aromatic N) is 2. The third-order valence-corrected chi connectivity index (χ3v) is 4.86.